The summed E-state index contributed by atoms with van der Waals surface area (Å²) in [5.41, 5.74) is 3.35. The van der Waals surface area contributed by atoms with E-state index in [1.807, 2.05) is 61.7 Å². The molecule has 2 aromatic carbocycles. The highest BCUT2D eigenvalue weighted by Gasteiger charge is 2.26. The lowest BCUT2D eigenvalue weighted by Crippen LogP contribution is -2.51. The van der Waals surface area contributed by atoms with Crippen molar-refractivity contribution in [1.82, 2.24) is 15.5 Å². The van der Waals surface area contributed by atoms with Crippen molar-refractivity contribution in [3.63, 3.8) is 0 Å². The Balaban J connectivity index is 1.29. The van der Waals surface area contributed by atoms with Crippen molar-refractivity contribution in [1.29, 1.82) is 0 Å². The highest BCUT2D eigenvalue weighted by atomic mass is 35.5. The van der Waals surface area contributed by atoms with Gasteiger partial charge in [-0.3, -0.25) is 5.32 Å². The van der Waals surface area contributed by atoms with E-state index in [0.717, 1.165) is 46.8 Å². The van der Waals surface area contributed by atoms with Gasteiger partial charge in [-0.1, -0.05) is 48.0 Å². The number of carbonyl (C=O) groups is 2. The van der Waals surface area contributed by atoms with Gasteiger partial charge in [0, 0.05) is 43.0 Å². The van der Waals surface area contributed by atoms with Crippen LogP contribution < -0.4 is 25.1 Å². The number of piperazine rings is 1. The lowest BCUT2D eigenvalue weighted by molar-refractivity contribution is -0.378. The largest absolute Gasteiger partial charge is 0.493 e. The molecule has 0 radical (unpaired) electrons. The molecule has 0 amide bonds. The van der Waals surface area contributed by atoms with E-state index in [4.69, 9.17) is 30.5 Å². The van der Waals surface area contributed by atoms with Crippen LogP contribution in [0.5, 0.6) is 11.5 Å². The van der Waals surface area contributed by atoms with E-state index in [1.54, 1.807) is 32.5 Å². The minimum absolute atomic E-state index is 0.0815. The molecule has 1 fully saturated rings. The molecule has 254 valence electrons. The number of halogens is 1. The van der Waals surface area contributed by atoms with Crippen LogP contribution in [0.15, 0.2) is 73.1 Å². The van der Waals surface area contributed by atoms with Gasteiger partial charge in [-0.05, 0) is 54.9 Å². The summed E-state index contributed by atoms with van der Waals surface area (Å²) in [5.74, 6) is 0.281. The first kappa shape index (κ1) is 35.3. The molecule has 48 heavy (non-hydrogen) atoms. The highest BCUT2D eigenvalue weighted by molar-refractivity contribution is 7.13. The van der Waals surface area contributed by atoms with E-state index in [0.29, 0.717) is 34.4 Å². The first-order valence-corrected chi connectivity index (χ1v) is 17.0. The number of esters is 2. The second-order valence-corrected chi connectivity index (χ2v) is 13.3. The summed E-state index contributed by atoms with van der Waals surface area (Å²) in [4.78, 5) is 33.5. The van der Waals surface area contributed by atoms with Crippen molar-refractivity contribution < 1.29 is 33.5 Å². The van der Waals surface area contributed by atoms with Gasteiger partial charge in [0.05, 0.1) is 20.3 Å². The molecule has 1 aliphatic heterocycles. The molecule has 3 atom stereocenters. The number of pyridine rings is 1. The van der Waals surface area contributed by atoms with Crippen LogP contribution >= 0.6 is 22.9 Å². The number of likely N-dealkylation sites (N-methyl/N-ethyl adjacent to an activating group) is 1. The van der Waals surface area contributed by atoms with Crippen molar-refractivity contribution >= 4 is 34.9 Å². The summed E-state index contributed by atoms with van der Waals surface area (Å²) >= 11 is 7.87. The summed E-state index contributed by atoms with van der Waals surface area (Å²) in [6, 6.07) is 18.0. The molecule has 1 saturated heterocycles. The Morgan fingerprint density at radius 1 is 1.06 bits per heavy atom. The lowest BCUT2D eigenvalue weighted by Gasteiger charge is -2.30. The van der Waals surface area contributed by atoms with Gasteiger partial charge in [-0.15, -0.1) is 11.3 Å². The first-order valence-electron chi connectivity index (χ1n) is 15.8. The molecule has 3 N–H and O–H groups in total. The second-order valence-electron chi connectivity index (χ2n) is 11.7. The third-order valence-electron chi connectivity index (χ3n) is 8.29. The zero-order valence-electron chi connectivity index (χ0n) is 27.6. The van der Waals surface area contributed by atoms with Gasteiger partial charge in [0.2, 0.25) is 0 Å². The normalized spacial score (nSPS) is 16.1. The second kappa shape index (κ2) is 16.9. The maximum Gasteiger partial charge on any atom is 0.348 e. The summed E-state index contributed by atoms with van der Waals surface area (Å²) in [6.07, 6.45) is 3.26. The minimum atomic E-state index is -0.671. The highest BCUT2D eigenvalue weighted by Crippen LogP contribution is 2.35. The predicted molar refractivity (Wildman–Crippen MR) is 185 cm³/mol. The fourth-order valence-electron chi connectivity index (χ4n) is 5.65. The molecular formula is C36H42ClN4O6S+. The van der Waals surface area contributed by atoms with Gasteiger partial charge in [0.25, 0.3) is 0 Å². The lowest BCUT2D eigenvalue weighted by atomic mass is 9.98. The third kappa shape index (κ3) is 9.12. The average molecular weight is 694 g/mol. The van der Waals surface area contributed by atoms with E-state index in [9.17, 15) is 9.59 Å². The number of H-pyrrole nitrogens is 1. The molecule has 0 spiro atoms. The molecule has 0 aliphatic carbocycles. The number of rotatable bonds is 14. The summed E-state index contributed by atoms with van der Waals surface area (Å²) in [5, 5.41) is 7.30. The number of aryl methyl sites for hydroxylation is 1. The molecule has 1 aliphatic rings. The van der Waals surface area contributed by atoms with Crippen molar-refractivity contribution in [3.05, 3.63) is 110 Å². The van der Waals surface area contributed by atoms with E-state index in [-0.39, 0.29) is 18.6 Å². The molecule has 5 rings (SSSR count). The third-order valence-corrected chi connectivity index (χ3v) is 9.69. The number of benzene rings is 2. The number of carbonyl (C=O) groups excluding carboxylic acids is 2. The number of aromatic nitrogens is 1. The SMILES string of the molecule is COc1ccc([C@H](Cc2c(C)c[nH+]cc2Cl)OC(=O)c2ccc(CNC(C(=O)OC[C@H]3CN(C)CCN3)c3ccccc3)s2)cc1OC. The van der Waals surface area contributed by atoms with Crippen LogP contribution in [0.4, 0.5) is 0 Å². The number of nitrogens with one attached hydrogen (secondary N) is 3. The Bertz CT molecular complexity index is 1670. The Hall–Kier alpha value is -4.00. The zero-order valence-corrected chi connectivity index (χ0v) is 29.2. The fourth-order valence-corrected chi connectivity index (χ4v) is 6.78. The molecule has 0 saturated carbocycles. The number of methoxy groups -OCH3 is 2. The molecule has 3 heterocycles. The molecule has 12 heteroatoms. The quantitative estimate of drug-likeness (QED) is 0.177. The number of ether oxygens (including phenoxy) is 4. The predicted octanol–water partition coefficient (Wildman–Crippen LogP) is 4.96. The number of hydrogen-bond acceptors (Lipinski definition) is 10. The van der Waals surface area contributed by atoms with Crippen LogP contribution in [-0.4, -0.2) is 70.4 Å². The van der Waals surface area contributed by atoms with Crippen molar-refractivity contribution in [3.8, 4) is 11.5 Å². The maximum absolute atomic E-state index is 13.6. The first-order chi connectivity index (χ1) is 23.2. The average Bonchev–Trinajstić information content (AvgIpc) is 3.58. The summed E-state index contributed by atoms with van der Waals surface area (Å²) in [7, 11) is 5.19. The Morgan fingerprint density at radius 2 is 1.85 bits per heavy atom. The number of aromatic amines is 1. The van der Waals surface area contributed by atoms with Crippen LogP contribution in [0.2, 0.25) is 5.02 Å². The van der Waals surface area contributed by atoms with Crippen molar-refractivity contribution in [2.45, 2.75) is 38.1 Å². The standard InChI is InChI=1S/C36H41ClN4O6S/c1-23-18-38-20-29(37)28(23)17-31(25-10-12-30(44-3)32(16-25)45-4)47-35(42)33-13-11-27(48-33)19-40-34(24-8-6-5-7-9-24)36(43)46-22-26-21-41(2)15-14-39-26/h5-13,16,18,20,26,31,34,39-40H,14-15,17,19,21-22H2,1-4H3/p+1/t26-,31+,34?/m1/s1. The van der Waals surface area contributed by atoms with E-state index >= 15 is 0 Å². The molecular weight excluding hydrogens is 652 g/mol. The zero-order chi connectivity index (χ0) is 34.0. The van der Waals surface area contributed by atoms with E-state index < -0.39 is 18.1 Å². The molecule has 4 aromatic rings. The number of thiophene rings is 1. The van der Waals surface area contributed by atoms with Crippen LogP contribution in [0, 0.1) is 6.92 Å². The molecule has 10 nitrogen and oxygen atoms in total. The van der Waals surface area contributed by atoms with E-state index in [2.05, 4.69) is 27.6 Å². The molecule has 2 aromatic heterocycles. The smallest absolute Gasteiger partial charge is 0.348 e. The van der Waals surface area contributed by atoms with Gasteiger partial charge < -0.3 is 29.2 Å². The fraction of sp³-hybridized carbons (Fsp3) is 0.361. The molecule has 0 bridgehead atoms. The topological polar surface area (TPSA) is 113 Å². The van der Waals surface area contributed by atoms with Crippen molar-refractivity contribution in [2.75, 3.05) is 47.5 Å². The van der Waals surface area contributed by atoms with Crippen LogP contribution in [0.1, 0.15) is 48.9 Å². The van der Waals surface area contributed by atoms with Gasteiger partial charge in [0.1, 0.15) is 28.7 Å². The van der Waals surface area contributed by atoms with Crippen LogP contribution in [-0.2, 0) is 27.2 Å². The minimum Gasteiger partial charge on any atom is -0.493 e. The van der Waals surface area contributed by atoms with Crippen molar-refractivity contribution in [2.24, 2.45) is 0 Å². The van der Waals surface area contributed by atoms with Crippen LogP contribution in [0.3, 0.4) is 0 Å². The van der Waals surface area contributed by atoms with Crippen LogP contribution in [0.25, 0.3) is 0 Å². The summed E-state index contributed by atoms with van der Waals surface area (Å²) in [6.45, 7) is 5.23. The van der Waals surface area contributed by atoms with Gasteiger partial charge in [-0.25, -0.2) is 14.6 Å². The molecule has 1 unspecified atom stereocenters. The maximum atomic E-state index is 13.6. The van der Waals surface area contributed by atoms with Gasteiger partial charge in [0.15, 0.2) is 23.9 Å². The monoisotopic (exact) mass is 693 g/mol. The Morgan fingerprint density at radius 3 is 2.58 bits per heavy atom. The Labute approximate surface area is 290 Å². The summed E-state index contributed by atoms with van der Waals surface area (Å²) < 4.78 is 22.9. The number of nitrogens with zero attached hydrogens (tertiary/aromatic N) is 1. The Kier molecular flexibility index (Phi) is 12.4. The number of hydrogen-bond donors (Lipinski definition) is 2. The van der Waals surface area contributed by atoms with E-state index in [1.165, 1.54) is 11.3 Å². The van der Waals surface area contributed by atoms with Gasteiger partial charge >= 0.3 is 11.9 Å². The van der Waals surface area contributed by atoms with Gasteiger partial charge in [-0.2, -0.15) is 0 Å².